The lowest BCUT2D eigenvalue weighted by molar-refractivity contribution is 0.102. The van der Waals surface area contributed by atoms with Gasteiger partial charge in [-0.3, -0.25) is 4.79 Å². The van der Waals surface area contributed by atoms with Crippen LogP contribution in [0.4, 0.5) is 16.0 Å². The lowest BCUT2D eigenvalue weighted by Gasteiger charge is -2.10. The molecular weight excluding hydrogens is 367 g/mol. The van der Waals surface area contributed by atoms with Gasteiger partial charge in [0.1, 0.15) is 11.5 Å². The van der Waals surface area contributed by atoms with Crippen LogP contribution in [-0.4, -0.2) is 22.4 Å². The molecule has 3 rings (SSSR count). The van der Waals surface area contributed by atoms with Crippen LogP contribution in [0.2, 0.25) is 5.02 Å². The third kappa shape index (κ3) is 5.01. The number of benzene rings is 2. The van der Waals surface area contributed by atoms with Crippen LogP contribution in [0.1, 0.15) is 21.7 Å². The normalized spacial score (nSPS) is 10.5. The Hall–Kier alpha value is -2.99. The molecule has 0 spiro atoms. The molecule has 27 heavy (non-hydrogen) atoms. The van der Waals surface area contributed by atoms with Crippen LogP contribution in [0.25, 0.3) is 0 Å². The Bertz CT molecular complexity index is 964. The van der Waals surface area contributed by atoms with E-state index in [1.54, 1.807) is 55.5 Å². The van der Waals surface area contributed by atoms with E-state index in [4.69, 9.17) is 11.6 Å². The monoisotopic (exact) mass is 384 g/mol. The average molecular weight is 385 g/mol. The average Bonchev–Trinajstić information content (AvgIpc) is 2.65. The molecule has 0 saturated heterocycles. The molecule has 2 N–H and O–H groups in total. The van der Waals surface area contributed by atoms with Gasteiger partial charge >= 0.3 is 0 Å². The number of rotatable bonds is 6. The molecule has 1 amide bonds. The molecule has 138 valence electrons. The summed E-state index contributed by atoms with van der Waals surface area (Å²) in [4.78, 5) is 21.0. The first-order valence-electron chi connectivity index (χ1n) is 8.42. The summed E-state index contributed by atoms with van der Waals surface area (Å²) in [5.41, 5.74) is 1.97. The molecule has 5 nitrogen and oxygen atoms in total. The number of nitrogens with zero attached hydrogens (tertiary/aromatic N) is 2. The second-order valence-electron chi connectivity index (χ2n) is 5.92. The number of carbonyl (C=O) groups excluding carboxylic acids is 1. The molecule has 0 aliphatic carbocycles. The number of carbonyl (C=O) groups is 1. The fraction of sp³-hybridized carbons (Fsp3) is 0.150. The molecule has 0 radical (unpaired) electrons. The number of nitrogens with one attached hydrogen (secondary N) is 2. The number of anilines is 2. The molecule has 2 aromatic carbocycles. The Morgan fingerprint density at radius 2 is 1.85 bits per heavy atom. The third-order valence-electron chi connectivity index (χ3n) is 3.84. The fourth-order valence-corrected chi connectivity index (χ4v) is 2.71. The van der Waals surface area contributed by atoms with Gasteiger partial charge in [-0.2, -0.15) is 0 Å². The second-order valence-corrected chi connectivity index (χ2v) is 6.33. The summed E-state index contributed by atoms with van der Waals surface area (Å²) in [6, 6.07) is 15.2. The van der Waals surface area contributed by atoms with Gasteiger partial charge in [0.15, 0.2) is 0 Å². The van der Waals surface area contributed by atoms with Crippen molar-refractivity contribution in [1.29, 1.82) is 0 Å². The molecule has 0 fully saturated rings. The molecule has 0 saturated carbocycles. The molecule has 7 heteroatoms. The van der Waals surface area contributed by atoms with Gasteiger partial charge in [-0.1, -0.05) is 41.9 Å². The first kappa shape index (κ1) is 18.8. The Labute approximate surface area is 161 Å². The van der Waals surface area contributed by atoms with E-state index in [2.05, 4.69) is 20.6 Å². The topological polar surface area (TPSA) is 66.9 Å². The van der Waals surface area contributed by atoms with E-state index in [1.807, 2.05) is 0 Å². The highest BCUT2D eigenvalue weighted by molar-refractivity contribution is 6.33. The van der Waals surface area contributed by atoms with Crippen LogP contribution < -0.4 is 10.6 Å². The molecule has 0 atom stereocenters. The van der Waals surface area contributed by atoms with Crippen molar-refractivity contribution in [2.45, 2.75) is 13.3 Å². The van der Waals surface area contributed by atoms with E-state index >= 15 is 0 Å². The van der Waals surface area contributed by atoms with Crippen LogP contribution in [-0.2, 0) is 6.42 Å². The van der Waals surface area contributed by atoms with Crippen molar-refractivity contribution in [1.82, 2.24) is 9.97 Å². The van der Waals surface area contributed by atoms with Crippen molar-refractivity contribution in [3.05, 3.63) is 82.4 Å². The smallest absolute Gasteiger partial charge is 0.274 e. The largest absolute Gasteiger partial charge is 0.354 e. The Balaban J connectivity index is 1.67. The van der Waals surface area contributed by atoms with E-state index in [0.717, 1.165) is 0 Å². The maximum atomic E-state index is 13.7. The summed E-state index contributed by atoms with van der Waals surface area (Å²) in [5, 5.41) is 6.21. The van der Waals surface area contributed by atoms with Crippen LogP contribution in [0, 0.1) is 12.7 Å². The van der Waals surface area contributed by atoms with E-state index in [9.17, 15) is 9.18 Å². The van der Waals surface area contributed by atoms with Crippen molar-refractivity contribution in [3.8, 4) is 0 Å². The summed E-state index contributed by atoms with van der Waals surface area (Å²) in [7, 11) is 0. The van der Waals surface area contributed by atoms with Crippen LogP contribution in [0.5, 0.6) is 0 Å². The number of halogens is 2. The summed E-state index contributed by atoms with van der Waals surface area (Å²) < 4.78 is 13.7. The first-order valence-corrected chi connectivity index (χ1v) is 8.79. The highest BCUT2D eigenvalue weighted by atomic mass is 35.5. The van der Waals surface area contributed by atoms with Gasteiger partial charge in [-0.05, 0) is 43.2 Å². The molecule has 0 bridgehead atoms. The number of aromatic nitrogens is 2. The quantitative estimate of drug-likeness (QED) is 0.657. The minimum absolute atomic E-state index is 0.218. The van der Waals surface area contributed by atoms with Gasteiger partial charge < -0.3 is 10.6 Å². The van der Waals surface area contributed by atoms with Crippen molar-refractivity contribution >= 4 is 29.1 Å². The molecule has 1 aromatic heterocycles. The lowest BCUT2D eigenvalue weighted by Crippen LogP contribution is -2.17. The van der Waals surface area contributed by atoms with E-state index < -0.39 is 0 Å². The number of amides is 1. The van der Waals surface area contributed by atoms with E-state index in [-0.39, 0.29) is 17.4 Å². The van der Waals surface area contributed by atoms with Crippen molar-refractivity contribution < 1.29 is 9.18 Å². The van der Waals surface area contributed by atoms with Crippen molar-refractivity contribution in [2.24, 2.45) is 0 Å². The number of hydrogen-bond donors (Lipinski definition) is 2. The maximum Gasteiger partial charge on any atom is 0.274 e. The van der Waals surface area contributed by atoms with Gasteiger partial charge in [0.25, 0.3) is 5.91 Å². The molecular formula is C20H18ClFN4O. The number of para-hydroxylation sites is 1. The Kier molecular flexibility index (Phi) is 5.98. The molecule has 0 aliphatic rings. The lowest BCUT2D eigenvalue weighted by atomic mass is 10.1. The fourth-order valence-electron chi connectivity index (χ4n) is 2.52. The molecule has 1 heterocycles. The van der Waals surface area contributed by atoms with Crippen molar-refractivity contribution in [3.63, 3.8) is 0 Å². The Morgan fingerprint density at radius 1 is 1.11 bits per heavy atom. The van der Waals surface area contributed by atoms with Crippen LogP contribution in [0.15, 0.2) is 54.6 Å². The minimum Gasteiger partial charge on any atom is -0.354 e. The van der Waals surface area contributed by atoms with Crippen LogP contribution in [0.3, 0.4) is 0 Å². The number of hydrogen-bond acceptors (Lipinski definition) is 4. The molecule has 3 aromatic rings. The predicted octanol–water partition coefficient (Wildman–Crippen LogP) is 4.48. The molecule has 0 aliphatic heterocycles. The third-order valence-corrected chi connectivity index (χ3v) is 4.17. The Morgan fingerprint density at radius 3 is 2.63 bits per heavy atom. The minimum atomic E-state index is -0.384. The second kappa shape index (κ2) is 8.60. The number of aryl methyl sites for hydroxylation is 1. The van der Waals surface area contributed by atoms with E-state index in [1.165, 1.54) is 6.07 Å². The zero-order valence-corrected chi connectivity index (χ0v) is 15.4. The van der Waals surface area contributed by atoms with Gasteiger partial charge in [-0.25, -0.2) is 14.4 Å². The van der Waals surface area contributed by atoms with Gasteiger partial charge in [-0.15, -0.1) is 0 Å². The van der Waals surface area contributed by atoms with E-state index in [0.29, 0.717) is 40.9 Å². The standard InChI is InChI=1S/C20H18ClFN4O/c1-13-12-18(19(27)25-17-9-5-3-7-15(17)21)26-20(24-13)23-11-10-14-6-2-4-8-16(14)22/h2-9,12H,10-11H2,1H3,(H,25,27)(H,23,24,26). The van der Waals surface area contributed by atoms with Gasteiger partial charge in [0, 0.05) is 12.2 Å². The van der Waals surface area contributed by atoms with Gasteiger partial charge in [0.2, 0.25) is 5.95 Å². The summed E-state index contributed by atoms with van der Waals surface area (Å²) in [6.45, 7) is 2.21. The van der Waals surface area contributed by atoms with Crippen molar-refractivity contribution in [2.75, 3.05) is 17.2 Å². The maximum absolute atomic E-state index is 13.7. The van der Waals surface area contributed by atoms with Crippen LogP contribution >= 0.6 is 11.6 Å². The summed E-state index contributed by atoms with van der Waals surface area (Å²) in [6.07, 6.45) is 0.477. The SMILES string of the molecule is Cc1cc(C(=O)Nc2ccccc2Cl)nc(NCCc2ccccc2F)n1. The first-order chi connectivity index (χ1) is 13.0. The molecule has 0 unspecified atom stereocenters. The highest BCUT2D eigenvalue weighted by Gasteiger charge is 2.12. The highest BCUT2D eigenvalue weighted by Crippen LogP contribution is 2.21. The summed E-state index contributed by atoms with van der Waals surface area (Å²) in [5.74, 6) is -0.314. The zero-order chi connectivity index (χ0) is 19.2. The zero-order valence-electron chi connectivity index (χ0n) is 14.7. The van der Waals surface area contributed by atoms with Gasteiger partial charge in [0.05, 0.1) is 10.7 Å². The summed E-state index contributed by atoms with van der Waals surface area (Å²) >= 11 is 6.07. The predicted molar refractivity (Wildman–Crippen MR) is 105 cm³/mol.